The van der Waals surface area contributed by atoms with E-state index in [1.165, 1.54) is 6.07 Å². The molecule has 1 atom stereocenters. The van der Waals surface area contributed by atoms with Crippen LogP contribution >= 0.6 is 0 Å². The van der Waals surface area contributed by atoms with Crippen molar-refractivity contribution in [2.24, 2.45) is 0 Å². The van der Waals surface area contributed by atoms with Gasteiger partial charge in [0.25, 0.3) is 0 Å². The predicted molar refractivity (Wildman–Crippen MR) is 54.6 cm³/mol. The number of halogens is 3. The van der Waals surface area contributed by atoms with E-state index in [-0.39, 0.29) is 24.7 Å². The lowest BCUT2D eigenvalue weighted by molar-refractivity contribution is -0.137. The first-order valence-corrected chi connectivity index (χ1v) is 5.23. The molecule has 0 radical (unpaired) electrons. The van der Waals surface area contributed by atoms with Crippen LogP contribution in [-0.4, -0.2) is 19.0 Å². The molecule has 1 fully saturated rings. The lowest BCUT2D eigenvalue weighted by atomic mass is 9.92. The second-order valence-corrected chi connectivity index (χ2v) is 4.08. The summed E-state index contributed by atoms with van der Waals surface area (Å²) in [5.41, 5.74) is -0.180. The molecule has 0 saturated carbocycles. The first kappa shape index (κ1) is 12.1. The van der Waals surface area contributed by atoms with E-state index in [0.29, 0.717) is 12.2 Å². The Morgan fingerprint density at radius 1 is 1.29 bits per heavy atom. The van der Waals surface area contributed by atoms with Crippen LogP contribution in [0.4, 0.5) is 13.2 Å². The van der Waals surface area contributed by atoms with Gasteiger partial charge in [-0.25, -0.2) is 0 Å². The van der Waals surface area contributed by atoms with Crippen LogP contribution in [0.1, 0.15) is 23.5 Å². The number of hydrogen-bond acceptors (Lipinski definition) is 2. The van der Waals surface area contributed by atoms with Crippen LogP contribution in [0, 0.1) is 0 Å². The topological polar surface area (TPSA) is 26.3 Å². The van der Waals surface area contributed by atoms with Gasteiger partial charge in [0.1, 0.15) is 6.61 Å². The predicted octanol–water partition coefficient (Wildman–Crippen LogP) is 2.78. The number of hydrogen-bond donors (Lipinski definition) is 0. The largest absolute Gasteiger partial charge is 0.416 e. The Morgan fingerprint density at radius 2 is 2.06 bits per heavy atom. The van der Waals surface area contributed by atoms with Crippen molar-refractivity contribution in [1.29, 1.82) is 0 Å². The highest BCUT2D eigenvalue weighted by Gasteiger charge is 2.31. The molecule has 1 aliphatic heterocycles. The van der Waals surface area contributed by atoms with Gasteiger partial charge in [0.05, 0.1) is 12.2 Å². The summed E-state index contributed by atoms with van der Waals surface area (Å²) in [5.74, 6) is -0.336. The van der Waals surface area contributed by atoms with Crippen molar-refractivity contribution < 1.29 is 22.7 Å². The van der Waals surface area contributed by atoms with Gasteiger partial charge in [-0.2, -0.15) is 13.2 Å². The molecule has 0 aliphatic carbocycles. The molecule has 5 heteroatoms. The minimum absolute atomic E-state index is 0.0649. The molecule has 1 unspecified atom stereocenters. The SMILES string of the molecule is O=C1COCC(c2cccc(C(F)(F)F)c2)C1. The van der Waals surface area contributed by atoms with Gasteiger partial charge >= 0.3 is 6.18 Å². The summed E-state index contributed by atoms with van der Waals surface area (Å²) in [5, 5.41) is 0. The van der Waals surface area contributed by atoms with E-state index in [2.05, 4.69) is 0 Å². The van der Waals surface area contributed by atoms with E-state index < -0.39 is 11.7 Å². The molecule has 1 aromatic carbocycles. The third kappa shape index (κ3) is 2.85. The van der Waals surface area contributed by atoms with E-state index in [1.807, 2.05) is 0 Å². The minimum Gasteiger partial charge on any atom is -0.373 e. The first-order chi connectivity index (χ1) is 7.97. The van der Waals surface area contributed by atoms with Crippen molar-refractivity contribution in [3.8, 4) is 0 Å². The third-order valence-electron chi connectivity index (χ3n) is 2.74. The molecule has 2 rings (SSSR count). The number of carbonyl (C=O) groups is 1. The Labute approximate surface area is 96.4 Å². The molecule has 1 heterocycles. The molecule has 0 amide bonds. The van der Waals surface area contributed by atoms with Crippen molar-refractivity contribution in [3.63, 3.8) is 0 Å². The summed E-state index contributed by atoms with van der Waals surface area (Å²) in [6.07, 6.45) is -4.10. The number of rotatable bonds is 1. The molecular weight excluding hydrogens is 233 g/mol. The van der Waals surface area contributed by atoms with Gasteiger partial charge in [0.2, 0.25) is 0 Å². The van der Waals surface area contributed by atoms with Crippen LogP contribution < -0.4 is 0 Å². The maximum Gasteiger partial charge on any atom is 0.416 e. The van der Waals surface area contributed by atoms with E-state index in [9.17, 15) is 18.0 Å². The summed E-state index contributed by atoms with van der Waals surface area (Å²) < 4.78 is 42.6. The Bertz CT molecular complexity index is 426. The molecule has 1 aromatic rings. The minimum atomic E-state index is -4.35. The van der Waals surface area contributed by atoms with E-state index in [0.717, 1.165) is 12.1 Å². The Kier molecular flexibility index (Phi) is 3.19. The molecular formula is C12H11F3O2. The Morgan fingerprint density at radius 3 is 2.71 bits per heavy atom. The normalized spacial score (nSPS) is 21.6. The first-order valence-electron chi connectivity index (χ1n) is 5.23. The summed E-state index contributed by atoms with van der Waals surface area (Å²) >= 11 is 0. The smallest absolute Gasteiger partial charge is 0.373 e. The zero-order chi connectivity index (χ0) is 12.5. The van der Waals surface area contributed by atoms with Crippen LogP contribution in [0.3, 0.4) is 0 Å². The van der Waals surface area contributed by atoms with Crippen molar-refractivity contribution in [1.82, 2.24) is 0 Å². The maximum absolute atomic E-state index is 12.5. The molecule has 0 bridgehead atoms. The van der Waals surface area contributed by atoms with Crippen molar-refractivity contribution in [3.05, 3.63) is 35.4 Å². The molecule has 2 nitrogen and oxygen atoms in total. The van der Waals surface area contributed by atoms with Gasteiger partial charge < -0.3 is 4.74 Å². The highest BCUT2D eigenvalue weighted by Crippen LogP contribution is 2.32. The zero-order valence-electron chi connectivity index (χ0n) is 8.96. The second kappa shape index (κ2) is 4.49. The lowest BCUT2D eigenvalue weighted by Gasteiger charge is -2.22. The Hall–Kier alpha value is -1.36. The quantitative estimate of drug-likeness (QED) is 0.759. The third-order valence-corrected chi connectivity index (χ3v) is 2.74. The highest BCUT2D eigenvalue weighted by molar-refractivity contribution is 5.81. The van der Waals surface area contributed by atoms with Crippen LogP contribution in [0.5, 0.6) is 0 Å². The molecule has 0 aromatic heterocycles. The number of Topliss-reactive ketones (excluding diaryl/α,β-unsaturated/α-hetero) is 1. The monoisotopic (exact) mass is 244 g/mol. The standard InChI is InChI=1S/C12H11F3O2/c13-12(14,15)10-3-1-2-8(4-10)9-5-11(16)7-17-6-9/h1-4,9H,5-7H2. The number of ketones is 1. The Balaban J connectivity index is 2.24. The second-order valence-electron chi connectivity index (χ2n) is 4.08. The molecule has 17 heavy (non-hydrogen) atoms. The van der Waals surface area contributed by atoms with E-state index in [1.54, 1.807) is 6.07 Å². The lowest BCUT2D eigenvalue weighted by Crippen LogP contribution is -2.24. The van der Waals surface area contributed by atoms with Crippen LogP contribution in [0.15, 0.2) is 24.3 Å². The van der Waals surface area contributed by atoms with Crippen LogP contribution in [0.2, 0.25) is 0 Å². The highest BCUT2D eigenvalue weighted by atomic mass is 19.4. The van der Waals surface area contributed by atoms with Gasteiger partial charge in [-0.1, -0.05) is 18.2 Å². The fraction of sp³-hybridized carbons (Fsp3) is 0.417. The van der Waals surface area contributed by atoms with E-state index in [4.69, 9.17) is 4.74 Å². The van der Waals surface area contributed by atoms with E-state index >= 15 is 0 Å². The fourth-order valence-electron chi connectivity index (χ4n) is 1.89. The van der Waals surface area contributed by atoms with Crippen LogP contribution in [-0.2, 0) is 15.7 Å². The zero-order valence-corrected chi connectivity index (χ0v) is 8.96. The molecule has 0 N–H and O–H groups in total. The molecule has 1 aliphatic rings. The van der Waals surface area contributed by atoms with Crippen molar-refractivity contribution in [2.75, 3.05) is 13.2 Å². The summed E-state index contributed by atoms with van der Waals surface area (Å²) in [7, 11) is 0. The number of benzene rings is 1. The van der Waals surface area contributed by atoms with Crippen molar-refractivity contribution in [2.45, 2.75) is 18.5 Å². The summed E-state index contributed by atoms with van der Waals surface area (Å²) in [6, 6.07) is 5.07. The van der Waals surface area contributed by atoms with Gasteiger partial charge in [0.15, 0.2) is 5.78 Å². The molecule has 0 spiro atoms. The van der Waals surface area contributed by atoms with Crippen LogP contribution in [0.25, 0.3) is 0 Å². The average molecular weight is 244 g/mol. The molecule has 1 saturated heterocycles. The number of alkyl halides is 3. The van der Waals surface area contributed by atoms with Gasteiger partial charge in [-0.15, -0.1) is 0 Å². The molecule has 92 valence electrons. The van der Waals surface area contributed by atoms with Crippen molar-refractivity contribution >= 4 is 5.78 Å². The van der Waals surface area contributed by atoms with Gasteiger partial charge in [0, 0.05) is 12.3 Å². The number of ether oxygens (including phenoxy) is 1. The summed E-state index contributed by atoms with van der Waals surface area (Å²) in [4.78, 5) is 11.2. The maximum atomic E-state index is 12.5. The summed E-state index contributed by atoms with van der Waals surface area (Å²) in [6.45, 7) is 0.364. The van der Waals surface area contributed by atoms with Gasteiger partial charge in [-0.05, 0) is 11.6 Å². The van der Waals surface area contributed by atoms with Gasteiger partial charge in [-0.3, -0.25) is 4.79 Å². The fourth-order valence-corrected chi connectivity index (χ4v) is 1.89. The average Bonchev–Trinajstić information content (AvgIpc) is 2.28. The number of carbonyl (C=O) groups excluding carboxylic acids is 1.